The number of piperidine rings is 1. The van der Waals surface area contributed by atoms with Crippen LogP contribution in [0.2, 0.25) is 0 Å². The fourth-order valence-corrected chi connectivity index (χ4v) is 5.12. The van der Waals surface area contributed by atoms with Gasteiger partial charge in [-0.25, -0.2) is 19.0 Å². The van der Waals surface area contributed by atoms with Gasteiger partial charge in [0.1, 0.15) is 17.1 Å². The molecule has 8 nitrogen and oxygen atoms in total. The fourth-order valence-electron chi connectivity index (χ4n) is 5.12. The van der Waals surface area contributed by atoms with Gasteiger partial charge in [-0.2, -0.15) is 0 Å². The summed E-state index contributed by atoms with van der Waals surface area (Å²) in [5.41, 5.74) is 0.619. The smallest absolute Gasteiger partial charge is 0.305 e. The van der Waals surface area contributed by atoms with Gasteiger partial charge in [-0.05, 0) is 37.0 Å². The average Bonchev–Trinajstić information content (AvgIpc) is 3.04. The van der Waals surface area contributed by atoms with Crippen molar-refractivity contribution in [2.75, 3.05) is 25.1 Å². The number of methoxy groups -OCH3 is 1. The van der Waals surface area contributed by atoms with Gasteiger partial charge < -0.3 is 9.64 Å². The van der Waals surface area contributed by atoms with Crippen LogP contribution in [0.4, 0.5) is 10.2 Å². The maximum Gasteiger partial charge on any atom is 0.305 e. The van der Waals surface area contributed by atoms with Crippen LogP contribution in [0, 0.1) is 17.8 Å². The van der Waals surface area contributed by atoms with Crippen LogP contribution in [-0.2, 0) is 28.6 Å². The molecule has 0 spiro atoms. The number of fused-ring (bicyclic) bond motifs is 2. The number of rotatable bonds is 4. The van der Waals surface area contributed by atoms with Gasteiger partial charge in [0.2, 0.25) is 0 Å². The van der Waals surface area contributed by atoms with Crippen LogP contribution in [0.5, 0.6) is 0 Å². The zero-order valence-corrected chi connectivity index (χ0v) is 16.9. The van der Waals surface area contributed by atoms with Crippen molar-refractivity contribution in [1.29, 1.82) is 0 Å². The second kappa shape index (κ2) is 6.50. The molecule has 0 radical (unpaired) electrons. The highest BCUT2D eigenvalue weighted by Gasteiger charge is 2.57. The molecule has 152 valence electrons. The molecule has 3 heterocycles. The van der Waals surface area contributed by atoms with E-state index in [9.17, 15) is 4.79 Å². The molecule has 2 aliphatic carbocycles. The van der Waals surface area contributed by atoms with Crippen LogP contribution in [0.15, 0.2) is 6.20 Å². The van der Waals surface area contributed by atoms with Gasteiger partial charge >= 0.3 is 5.97 Å². The minimum atomic E-state index is -1.47. The summed E-state index contributed by atoms with van der Waals surface area (Å²) in [5, 5.41) is 7.89. The first-order chi connectivity index (χ1) is 13.9. The second-order valence-electron chi connectivity index (χ2n) is 8.67. The van der Waals surface area contributed by atoms with Gasteiger partial charge in [-0.3, -0.25) is 4.79 Å². The lowest BCUT2D eigenvalue weighted by atomic mass is 9.71. The fraction of sp³-hybridized carbons (Fsp3) is 0.632. The number of hydrogen-bond donors (Lipinski definition) is 0. The number of carbonyl (C=O) groups excluding carboxylic acids is 1. The van der Waals surface area contributed by atoms with E-state index in [0.29, 0.717) is 47.8 Å². The lowest BCUT2D eigenvalue weighted by Gasteiger charge is -2.32. The predicted octanol–water partition coefficient (Wildman–Crippen LogP) is 0.609. The molecule has 0 N–H and O–H groups in total. The van der Waals surface area contributed by atoms with E-state index in [4.69, 9.17) is 9.72 Å². The highest BCUT2D eigenvalue weighted by Crippen LogP contribution is 2.55. The molecular weight excluding hydrogens is 374 g/mol. The molecule has 0 amide bonds. The van der Waals surface area contributed by atoms with E-state index < -0.39 is 5.57 Å². The quantitative estimate of drug-likeness (QED) is 0.551. The lowest BCUT2D eigenvalue weighted by molar-refractivity contribution is -0.141. The van der Waals surface area contributed by atoms with Crippen LogP contribution in [0.25, 0.3) is 11.5 Å². The molecule has 10 heteroatoms. The number of aryl methyl sites for hydroxylation is 1. The molecule has 1 saturated carbocycles. The number of hydrogen-bond acceptors (Lipinski definition) is 7. The van der Waals surface area contributed by atoms with E-state index in [-0.39, 0.29) is 5.97 Å². The Morgan fingerprint density at radius 1 is 1.38 bits per heavy atom. The van der Waals surface area contributed by atoms with Gasteiger partial charge in [0.15, 0.2) is 13.7 Å². The number of aromatic nitrogens is 5. The van der Waals surface area contributed by atoms with E-state index in [1.807, 2.05) is 0 Å². The summed E-state index contributed by atoms with van der Waals surface area (Å²) in [6, 6.07) is 0. The first kappa shape index (κ1) is 18.5. The van der Waals surface area contributed by atoms with Crippen LogP contribution < -0.4 is 4.90 Å². The number of esters is 1. The number of alkyl halides is 1. The van der Waals surface area contributed by atoms with Crippen molar-refractivity contribution in [2.24, 2.45) is 24.8 Å². The molecule has 1 aliphatic heterocycles. The van der Waals surface area contributed by atoms with E-state index in [0.717, 1.165) is 37.3 Å². The molecule has 0 bridgehead atoms. The summed E-state index contributed by atoms with van der Waals surface area (Å²) in [7, 11) is 4.82. The maximum absolute atomic E-state index is 15.4. The van der Waals surface area contributed by atoms with Crippen molar-refractivity contribution in [3.63, 3.8) is 0 Å². The Morgan fingerprint density at radius 3 is 2.79 bits per heavy atom. The topological polar surface area (TPSA) is 86.0 Å². The summed E-state index contributed by atoms with van der Waals surface area (Å²) in [6.45, 7) is 1.67. The van der Waals surface area contributed by atoms with Gasteiger partial charge in [0, 0.05) is 32.1 Å². The largest absolute Gasteiger partial charge is 0.469 e. The maximum atomic E-state index is 15.4. The van der Waals surface area contributed by atoms with Crippen molar-refractivity contribution >= 4 is 19.6 Å². The standard InChI is InChI=1S/C19H24BFN6O2/c1-26-14(7-22-25-26)17-23-16-10(4-3-5-19(16,20)21)18(24-17)27-8-12-11(13(12)9-27)6-15(28)29-2/h7,11-13H,3-6,8-9,20H2,1-2H3. The van der Waals surface area contributed by atoms with E-state index in [1.54, 1.807) is 25.8 Å². The van der Waals surface area contributed by atoms with Gasteiger partial charge in [-0.1, -0.05) is 5.21 Å². The van der Waals surface area contributed by atoms with Crippen molar-refractivity contribution in [3.8, 4) is 11.5 Å². The molecular formula is C19H24BFN6O2. The third kappa shape index (κ3) is 3.00. The normalized spacial score (nSPS) is 30.0. The highest BCUT2D eigenvalue weighted by atomic mass is 19.1. The van der Waals surface area contributed by atoms with Gasteiger partial charge in [0.05, 0.1) is 19.0 Å². The summed E-state index contributed by atoms with van der Waals surface area (Å²) >= 11 is 0. The molecule has 5 rings (SSSR count). The van der Waals surface area contributed by atoms with Crippen molar-refractivity contribution in [1.82, 2.24) is 25.0 Å². The molecule has 2 aromatic heterocycles. The Morgan fingerprint density at radius 2 is 2.14 bits per heavy atom. The van der Waals surface area contributed by atoms with E-state index in [2.05, 4.69) is 20.2 Å². The second-order valence-corrected chi connectivity index (χ2v) is 8.67. The number of halogens is 1. The average molecular weight is 398 g/mol. The molecule has 2 fully saturated rings. The molecule has 0 aromatic carbocycles. The number of anilines is 1. The van der Waals surface area contributed by atoms with Crippen molar-refractivity contribution in [2.45, 2.75) is 31.3 Å². The minimum Gasteiger partial charge on any atom is -0.469 e. The van der Waals surface area contributed by atoms with Crippen molar-refractivity contribution in [3.05, 3.63) is 17.5 Å². The first-order valence-corrected chi connectivity index (χ1v) is 10.2. The number of carbonyl (C=O) groups is 1. The monoisotopic (exact) mass is 398 g/mol. The zero-order chi connectivity index (χ0) is 20.3. The zero-order valence-electron chi connectivity index (χ0n) is 16.9. The Balaban J connectivity index is 1.49. The Hall–Kier alpha value is -2.52. The Kier molecular flexibility index (Phi) is 4.15. The van der Waals surface area contributed by atoms with E-state index in [1.165, 1.54) is 7.11 Å². The summed E-state index contributed by atoms with van der Waals surface area (Å²) in [5.74, 6) is 2.49. The number of ether oxygens (including phenoxy) is 1. The van der Waals surface area contributed by atoms with Crippen LogP contribution >= 0.6 is 0 Å². The van der Waals surface area contributed by atoms with Gasteiger partial charge in [-0.15, -0.1) is 5.10 Å². The predicted molar refractivity (Wildman–Crippen MR) is 106 cm³/mol. The molecule has 29 heavy (non-hydrogen) atoms. The van der Waals surface area contributed by atoms with Crippen LogP contribution in [0.3, 0.4) is 0 Å². The first-order valence-electron chi connectivity index (χ1n) is 10.2. The molecule has 3 aliphatic rings. The van der Waals surface area contributed by atoms with Crippen molar-refractivity contribution < 1.29 is 13.9 Å². The molecule has 3 atom stereocenters. The van der Waals surface area contributed by atoms with Crippen LogP contribution in [0.1, 0.15) is 30.5 Å². The summed E-state index contributed by atoms with van der Waals surface area (Å²) in [6.07, 6.45) is 4.12. The van der Waals surface area contributed by atoms with Gasteiger partial charge in [0.25, 0.3) is 0 Å². The summed E-state index contributed by atoms with van der Waals surface area (Å²) in [4.78, 5) is 23.3. The van der Waals surface area contributed by atoms with E-state index >= 15 is 4.39 Å². The molecule has 2 aromatic rings. The molecule has 3 unspecified atom stereocenters. The Labute approximate surface area is 169 Å². The van der Waals surface area contributed by atoms with Crippen LogP contribution in [-0.4, -0.2) is 59.0 Å². The number of nitrogens with zero attached hydrogens (tertiary/aromatic N) is 6. The third-order valence-corrected chi connectivity index (χ3v) is 6.80. The highest BCUT2D eigenvalue weighted by molar-refractivity contribution is 6.14. The third-order valence-electron chi connectivity index (χ3n) is 6.80. The molecule has 1 saturated heterocycles. The SMILES string of the molecule is BC1(F)CCCc2c(N3CC4C(CC(=O)OC)C4C3)nc(-c3cnnn3C)nc21. The lowest BCUT2D eigenvalue weighted by Crippen LogP contribution is -2.33. The minimum absolute atomic E-state index is 0.144. The summed E-state index contributed by atoms with van der Waals surface area (Å²) < 4.78 is 21.8. The Bertz CT molecular complexity index is 968.